The van der Waals surface area contributed by atoms with E-state index in [9.17, 15) is 0 Å². The van der Waals surface area contributed by atoms with Crippen LogP contribution in [0.4, 0.5) is 0 Å². The van der Waals surface area contributed by atoms with Crippen LogP contribution in [-0.2, 0) is 0 Å². The molecule has 0 spiro atoms. The van der Waals surface area contributed by atoms with Crippen LogP contribution in [0.5, 0.6) is 0 Å². The van der Waals surface area contributed by atoms with Gasteiger partial charge in [-0.3, -0.25) is 0 Å². The van der Waals surface area contributed by atoms with Gasteiger partial charge in [0.05, 0.1) is 256 Å². The Morgan fingerprint density at radius 1 is 0.141 bits per heavy atom. The van der Waals surface area contributed by atoms with Gasteiger partial charge >= 0.3 is 0 Å². The lowest BCUT2D eigenvalue weighted by Crippen LogP contribution is -3.19. The van der Waals surface area contributed by atoms with Crippen molar-refractivity contribution < 1.29 is 166 Å². The summed E-state index contributed by atoms with van der Waals surface area (Å²) in [5, 5.41) is 188. The Morgan fingerprint density at radius 3 is 0.443 bits per heavy atom. The largest absolute Gasteiger partial charge is 0.395 e. The first kappa shape index (κ1) is 180. The van der Waals surface area contributed by atoms with Gasteiger partial charge in [-0.2, -0.15) is 0 Å². The van der Waals surface area contributed by atoms with Crippen molar-refractivity contribution >= 4 is 0 Å². The molecular weight excluding hydrogens is 1900 g/mol. The molecule has 0 amide bonds. The molecule has 36 nitrogen and oxygen atoms in total. The van der Waals surface area contributed by atoms with Gasteiger partial charge in [0.2, 0.25) is 0 Å². The summed E-state index contributed by atoms with van der Waals surface area (Å²) >= 11 is 0. The minimum absolute atomic E-state index is 0.106. The van der Waals surface area contributed by atoms with Crippen LogP contribution in [0.25, 0.3) is 0 Å². The van der Waals surface area contributed by atoms with Crippen LogP contribution in [0.1, 0.15) is 332 Å². The average Bonchev–Trinajstić information content (AvgIpc) is 0.898. The Kier molecular flexibility index (Phi) is 214. The zero-order valence-electron chi connectivity index (χ0n) is 103. The van der Waals surface area contributed by atoms with Crippen LogP contribution in [0, 0.1) is 0 Å². The first-order valence-corrected chi connectivity index (χ1v) is 61.0. The van der Waals surface area contributed by atoms with E-state index in [0.717, 1.165) is 160 Å². The summed E-state index contributed by atoms with van der Waals surface area (Å²) < 4.78 is 0. The van der Waals surface area contributed by atoms with E-state index in [4.69, 9.17) is 107 Å². The number of quaternary nitrogens is 12. The van der Waals surface area contributed by atoms with E-state index in [-0.39, 0.29) is 124 Å². The van der Waals surface area contributed by atoms with Gasteiger partial charge in [-0.05, 0) is 164 Å². The van der Waals surface area contributed by atoms with Gasteiger partial charge in [-0.25, -0.2) is 0 Å². The molecule has 0 aliphatic heterocycles. The predicted molar refractivity (Wildman–Crippen MR) is 627 cm³/mol. The highest BCUT2D eigenvalue weighted by molar-refractivity contribution is 4.56. The number of aliphatic hydroxyl groups excluding tert-OH is 21. The van der Waals surface area contributed by atoms with Gasteiger partial charge in [-0.15, -0.1) is 0 Å². The molecule has 0 aliphatic rings. The lowest BCUT2D eigenvalue weighted by atomic mass is 10.1. The number of hydrogen-bond donors (Lipinski definition) is 36. The van der Waals surface area contributed by atoms with Crippen LogP contribution >= 0.6 is 0 Å². The van der Waals surface area contributed by atoms with Crippen molar-refractivity contribution in [1.82, 2.24) is 16.0 Å². The number of aliphatic hydroxyl groups is 21. The molecule has 0 aliphatic carbocycles. The summed E-state index contributed by atoms with van der Waals surface area (Å²) in [7, 11) is 1.94. The molecule has 0 aromatic carbocycles. The highest BCUT2D eigenvalue weighted by atomic mass is 16.3. The topological polar surface area (TPSA) is 514 Å². The third-order valence-electron chi connectivity index (χ3n) is 24.3. The Morgan fingerprint density at radius 2 is 0.282 bits per heavy atom. The minimum atomic E-state index is 0.106. The van der Waals surface area contributed by atoms with Crippen molar-refractivity contribution in [1.29, 1.82) is 0 Å². The summed E-state index contributed by atoms with van der Waals surface area (Å²) in [5.74, 6) is 0. The molecule has 0 aromatic heterocycles. The van der Waals surface area contributed by atoms with Crippen molar-refractivity contribution in [2.45, 2.75) is 338 Å². The van der Waals surface area contributed by atoms with Gasteiger partial charge < -0.3 is 182 Å². The van der Waals surface area contributed by atoms with Crippen LogP contribution in [0.2, 0.25) is 0 Å². The number of hydrogen-bond acceptors (Lipinski definition) is 24. The molecule has 0 saturated carbocycles. The number of nitrogens with one attached hydrogen (secondary N) is 15. The lowest BCUT2D eigenvalue weighted by molar-refractivity contribution is -0.947. The first-order valence-electron chi connectivity index (χ1n) is 61.0. The quantitative estimate of drug-likeness (QED) is 0.0251. The van der Waals surface area contributed by atoms with Gasteiger partial charge in [-0.1, -0.05) is 188 Å². The molecule has 149 heavy (non-hydrogen) atoms. The maximum atomic E-state index is 8.81. The second-order valence-corrected chi connectivity index (χ2v) is 39.3. The zero-order valence-corrected chi connectivity index (χ0v) is 103. The molecule has 0 radical (unpaired) electrons. The maximum absolute atomic E-state index is 8.81. The number of likely N-dealkylation sites (N-methyl/N-ethyl adjacent to an activating group) is 3. The highest BCUT2D eigenvalue weighted by Crippen LogP contribution is 1.93. The first-order chi connectivity index (χ1) is 72.0. The van der Waals surface area contributed by atoms with Crippen LogP contribution in [0.3, 0.4) is 0 Å². The molecule has 36 N–H and O–H groups in total. The molecule has 0 heterocycles. The van der Waals surface area contributed by atoms with E-state index in [1.807, 2.05) is 23.8 Å². The third kappa shape index (κ3) is 188. The fourth-order valence-corrected chi connectivity index (χ4v) is 14.7. The molecular formula is C113H283N15O21+12. The lowest BCUT2D eigenvalue weighted by Gasteiger charge is -2.31. The summed E-state index contributed by atoms with van der Waals surface area (Å²) in [6, 6.07) is 0. The molecule has 0 rings (SSSR count). The molecule has 0 aromatic rings. The van der Waals surface area contributed by atoms with E-state index in [2.05, 4.69) is 161 Å². The van der Waals surface area contributed by atoms with E-state index >= 15 is 0 Å². The third-order valence-corrected chi connectivity index (χ3v) is 24.3. The van der Waals surface area contributed by atoms with E-state index < -0.39 is 0 Å². The molecule has 0 saturated heterocycles. The van der Waals surface area contributed by atoms with Crippen molar-refractivity contribution in [2.24, 2.45) is 0 Å². The van der Waals surface area contributed by atoms with Crippen LogP contribution in [-0.4, -0.2) is 520 Å². The average molecular weight is 2190 g/mol. The maximum Gasteiger partial charge on any atom is 0.101 e. The second kappa shape index (κ2) is 177. The SMILES string of the molecule is CC(C)(C)[NH+](CCO)CCO.CCCCNCCCC.CCCCNCCO.CCCC[NH+](CCC)CCCC.CCCC[NH+](CCC)CCO.CCCC[NH+](CCCC)CCCC.CCCC[NH+](CCO)CCCC.CCCC[NH+](CCO)CCO.CCC[NH+](CCO)CCO.CCC[NH+](CCO)CCO.CC[NH+](CC)CCO.CC[NH+](CCO)CCO.C[NH+](CCO)CCO.OCCNCCO.OCC[NH+](CCO)CCO. The molecule has 1 unspecified atom stereocenters. The smallest absolute Gasteiger partial charge is 0.101 e. The highest BCUT2D eigenvalue weighted by Gasteiger charge is 2.24. The van der Waals surface area contributed by atoms with Crippen molar-refractivity contribution in [3.05, 3.63) is 0 Å². The normalized spacial score (nSPS) is 11.0. The standard InChI is InChI=1S/C12H27N.C11H25N.C10H23NO.C9H21NO.2C8H19NO2.C8H19N.2C7H17NO2.C6H15NO3.C6H15NO2.2C6H15NO.C5H13NO2.C4H11NO2/c1-4-7-10-13(11-8-5-2)12-9-6-3;1-4-7-10-12(9-6-3)11-8-5-2;1-3-5-7-11(9-10-12)8-6-4-2;1-3-5-7-10(6-4-2)8-9-11;1-8(2,3)9(4-6-10)5-7-11;1-2-3-4-9(5-7-10)6-8-11;1-3-5-7-9-8-6-4-2;2*1-2-3-8(4-6-9)5-7-10;8-4-1-7(2-5-9)3-6-10;1-2-7(3-5-8)4-6-9;1-3-7(4-2)5-6-8;1-2-3-4-7-5-6-8;1-6(2-4-7)3-5-8;6-3-1-5-2-4-7/h4-12H2,1-3H3;4-11H2,1-3H3;12H,3-10H2,1-2H3;11H,3-9H2,1-2H3;10-11H,4-7H2,1-3H3;10-11H,2-8H2,1H3;9H,3-8H2,1-2H3;2*9-10H,2-7H2,1H3;8-10H,1-6H2;8-9H,2-6H2,1H3;8H,3-6H2,1-2H3;7-8H,2-6H2,1H3;7-8H,2-5H2,1H3;5-7H,1-4H2/p+12. The van der Waals surface area contributed by atoms with Gasteiger partial charge in [0, 0.05) is 19.6 Å². The van der Waals surface area contributed by atoms with Gasteiger partial charge in [0.1, 0.15) is 118 Å². The monoisotopic (exact) mass is 2190 g/mol. The van der Waals surface area contributed by atoms with E-state index in [0.29, 0.717) is 65.6 Å². The Balaban J connectivity index is -0.0000000996. The summed E-state index contributed by atoms with van der Waals surface area (Å²) in [6.07, 6.45) is 36.2. The number of unbranched alkanes of at least 4 members (excludes halogenated alkanes) is 12. The van der Waals surface area contributed by atoms with Crippen molar-refractivity contribution in [2.75, 3.05) is 408 Å². The summed E-state index contributed by atoms with van der Waals surface area (Å²) in [4.78, 5) is 16.8. The predicted octanol–water partition coefficient (Wildman–Crippen LogP) is -9.25. The molecule has 1 atom stereocenters. The second-order valence-electron chi connectivity index (χ2n) is 39.3. The fourth-order valence-electron chi connectivity index (χ4n) is 14.7. The van der Waals surface area contributed by atoms with Crippen LogP contribution < -0.4 is 74.7 Å². The van der Waals surface area contributed by atoms with Gasteiger partial charge in [0.25, 0.3) is 0 Å². The van der Waals surface area contributed by atoms with Crippen molar-refractivity contribution in [3.63, 3.8) is 0 Å². The molecule has 924 valence electrons. The molecule has 0 fully saturated rings. The number of rotatable bonds is 89. The van der Waals surface area contributed by atoms with Gasteiger partial charge in [0.15, 0.2) is 0 Å². The zero-order chi connectivity index (χ0) is 116. The fraction of sp³-hybridized carbons (Fsp3) is 1.00. The van der Waals surface area contributed by atoms with Crippen LogP contribution in [0.15, 0.2) is 0 Å². The Hall–Kier alpha value is -1.44. The minimum Gasteiger partial charge on any atom is -0.395 e. The summed E-state index contributed by atoms with van der Waals surface area (Å²) in [6.45, 7) is 90.9. The Bertz CT molecular complexity index is 1830. The summed E-state index contributed by atoms with van der Waals surface area (Å²) in [5.41, 5.74) is 0.117. The van der Waals surface area contributed by atoms with Crippen molar-refractivity contribution in [3.8, 4) is 0 Å². The molecule has 36 heteroatoms. The molecule has 0 bridgehead atoms. The van der Waals surface area contributed by atoms with E-state index in [1.165, 1.54) is 275 Å². The van der Waals surface area contributed by atoms with E-state index in [1.54, 1.807) is 9.80 Å². The Labute approximate surface area is 922 Å².